The molecule has 2 heterocycles. The van der Waals surface area contributed by atoms with Crippen LogP contribution in [0.4, 0.5) is 10.2 Å². The molecule has 31 heavy (non-hydrogen) atoms. The molecule has 0 amide bonds. The van der Waals surface area contributed by atoms with Crippen molar-refractivity contribution in [1.82, 2.24) is 20.5 Å². The van der Waals surface area contributed by atoms with Gasteiger partial charge in [-0.2, -0.15) is 0 Å². The van der Waals surface area contributed by atoms with Crippen molar-refractivity contribution in [2.75, 3.05) is 19.0 Å². The summed E-state index contributed by atoms with van der Waals surface area (Å²) >= 11 is 0. The van der Waals surface area contributed by atoms with Gasteiger partial charge < -0.3 is 15.3 Å². The standard InChI is InChI=1S/C24H28FN5O/c1-26-17-6-5-7-19(25)22(15-17)30(2)24-12-11-21(28-29-24)18-10-9-16(14-23(18)31)20-8-3-4-13-27-20/h3-4,8-14,17,19,22,26,31H,5-7,15H2,1-2H3/t17-,19+,22-/m0/s1. The maximum Gasteiger partial charge on any atom is 0.151 e. The first-order chi connectivity index (χ1) is 15.1. The molecule has 1 aliphatic carbocycles. The van der Waals surface area contributed by atoms with Gasteiger partial charge in [0.05, 0.1) is 17.4 Å². The van der Waals surface area contributed by atoms with E-state index in [0.717, 1.165) is 30.5 Å². The van der Waals surface area contributed by atoms with Crippen molar-refractivity contribution in [1.29, 1.82) is 0 Å². The molecule has 6 nitrogen and oxygen atoms in total. The number of phenolic OH excluding ortho intramolecular Hbond substituents is 1. The van der Waals surface area contributed by atoms with Crippen LogP contribution in [0.1, 0.15) is 25.7 Å². The lowest BCUT2D eigenvalue weighted by Gasteiger charge is -2.31. The normalized spacial score (nSPS) is 21.5. The number of nitrogens with one attached hydrogen (secondary N) is 1. The first-order valence-electron chi connectivity index (χ1n) is 10.7. The van der Waals surface area contributed by atoms with Crippen LogP contribution in [0.2, 0.25) is 0 Å². The van der Waals surface area contributed by atoms with Gasteiger partial charge in [-0.15, -0.1) is 10.2 Å². The Morgan fingerprint density at radius 3 is 2.61 bits per heavy atom. The van der Waals surface area contributed by atoms with Crippen LogP contribution < -0.4 is 10.2 Å². The molecule has 4 rings (SSSR count). The van der Waals surface area contributed by atoms with Gasteiger partial charge in [-0.3, -0.25) is 4.98 Å². The second kappa shape index (κ2) is 9.39. The number of nitrogens with zero attached hydrogens (tertiary/aromatic N) is 4. The molecule has 1 aliphatic rings. The molecule has 3 aromatic rings. The molecule has 0 spiro atoms. The van der Waals surface area contributed by atoms with E-state index in [9.17, 15) is 9.50 Å². The van der Waals surface area contributed by atoms with Crippen molar-refractivity contribution in [3.05, 3.63) is 54.7 Å². The number of hydrogen-bond donors (Lipinski definition) is 2. The second-order valence-electron chi connectivity index (χ2n) is 8.07. The van der Waals surface area contributed by atoms with Gasteiger partial charge in [-0.25, -0.2) is 4.39 Å². The quantitative estimate of drug-likeness (QED) is 0.601. The van der Waals surface area contributed by atoms with Crippen LogP contribution in [-0.4, -0.2) is 52.6 Å². The summed E-state index contributed by atoms with van der Waals surface area (Å²) in [6, 6.07) is 14.7. The minimum atomic E-state index is -0.895. The van der Waals surface area contributed by atoms with E-state index < -0.39 is 6.17 Å². The highest BCUT2D eigenvalue weighted by atomic mass is 19.1. The van der Waals surface area contributed by atoms with E-state index in [1.54, 1.807) is 12.3 Å². The fourth-order valence-corrected chi connectivity index (χ4v) is 4.24. The summed E-state index contributed by atoms with van der Waals surface area (Å²) < 4.78 is 14.8. The van der Waals surface area contributed by atoms with Crippen LogP contribution >= 0.6 is 0 Å². The summed E-state index contributed by atoms with van der Waals surface area (Å²) in [6.07, 6.45) is 3.99. The molecule has 0 radical (unpaired) electrons. The van der Waals surface area contributed by atoms with Crippen LogP contribution in [0, 0.1) is 0 Å². The maximum absolute atomic E-state index is 14.8. The molecule has 2 aromatic heterocycles. The van der Waals surface area contributed by atoms with Gasteiger partial charge >= 0.3 is 0 Å². The third-order valence-electron chi connectivity index (χ3n) is 6.13. The van der Waals surface area contributed by atoms with Crippen LogP contribution in [0.25, 0.3) is 22.5 Å². The molecule has 7 heteroatoms. The topological polar surface area (TPSA) is 74.2 Å². The molecule has 0 bridgehead atoms. The molecular formula is C24H28FN5O. The summed E-state index contributed by atoms with van der Waals surface area (Å²) in [6.45, 7) is 0. The Balaban J connectivity index is 1.54. The minimum absolute atomic E-state index is 0.114. The monoisotopic (exact) mass is 421 g/mol. The Bertz CT molecular complexity index is 999. The highest BCUT2D eigenvalue weighted by molar-refractivity contribution is 5.73. The molecule has 0 aliphatic heterocycles. The van der Waals surface area contributed by atoms with Gasteiger partial charge in [0.2, 0.25) is 0 Å². The number of pyridine rings is 1. The van der Waals surface area contributed by atoms with Gasteiger partial charge in [-0.1, -0.05) is 12.1 Å². The summed E-state index contributed by atoms with van der Waals surface area (Å²) in [4.78, 5) is 6.20. The predicted octanol–water partition coefficient (Wildman–Crippen LogP) is 4.22. The number of rotatable bonds is 5. The van der Waals surface area contributed by atoms with Gasteiger partial charge in [0, 0.05) is 30.4 Å². The van der Waals surface area contributed by atoms with E-state index >= 15 is 0 Å². The van der Waals surface area contributed by atoms with E-state index in [4.69, 9.17) is 0 Å². The predicted molar refractivity (Wildman–Crippen MR) is 121 cm³/mol. The molecular weight excluding hydrogens is 393 g/mol. The second-order valence-corrected chi connectivity index (χ2v) is 8.07. The van der Waals surface area contributed by atoms with Crippen molar-refractivity contribution in [3.8, 4) is 28.3 Å². The van der Waals surface area contributed by atoms with Crippen molar-refractivity contribution in [2.45, 2.75) is 43.9 Å². The van der Waals surface area contributed by atoms with Gasteiger partial charge in [0.1, 0.15) is 11.9 Å². The smallest absolute Gasteiger partial charge is 0.151 e. The number of hydrogen-bond acceptors (Lipinski definition) is 6. The molecule has 3 atom stereocenters. The molecule has 2 N–H and O–H groups in total. The van der Waals surface area contributed by atoms with E-state index in [2.05, 4.69) is 20.5 Å². The van der Waals surface area contributed by atoms with Crippen LogP contribution in [-0.2, 0) is 0 Å². The lowest BCUT2D eigenvalue weighted by Crippen LogP contribution is -2.43. The molecule has 1 saturated carbocycles. The zero-order valence-electron chi connectivity index (χ0n) is 17.9. The molecule has 162 valence electrons. The molecule has 1 fully saturated rings. The SMILES string of the molecule is CN[C@H]1CCC[C@@H](F)[C@@H](N(C)c2ccc(-c3ccc(-c4ccccn4)cc3O)nn2)C1. The average molecular weight is 422 g/mol. The fraction of sp³-hybridized carbons (Fsp3) is 0.375. The summed E-state index contributed by atoms with van der Waals surface area (Å²) in [5, 5.41) is 22.5. The number of anilines is 1. The minimum Gasteiger partial charge on any atom is -0.507 e. The average Bonchev–Trinajstić information content (AvgIpc) is 3.00. The number of halogens is 1. The Morgan fingerprint density at radius 2 is 1.94 bits per heavy atom. The zero-order valence-corrected chi connectivity index (χ0v) is 17.9. The lowest BCUT2D eigenvalue weighted by atomic mass is 10.0. The van der Waals surface area contributed by atoms with E-state index in [0.29, 0.717) is 29.5 Å². The number of aromatic hydroxyl groups is 1. The van der Waals surface area contributed by atoms with E-state index in [1.165, 1.54) is 0 Å². The first-order valence-corrected chi connectivity index (χ1v) is 10.7. The largest absolute Gasteiger partial charge is 0.507 e. The number of phenols is 1. The van der Waals surface area contributed by atoms with Gasteiger partial charge in [0.15, 0.2) is 5.82 Å². The van der Waals surface area contributed by atoms with Crippen LogP contribution in [0.5, 0.6) is 5.75 Å². The molecule has 0 unspecified atom stereocenters. The summed E-state index contributed by atoms with van der Waals surface area (Å²) in [5.74, 6) is 0.737. The highest BCUT2D eigenvalue weighted by Crippen LogP contribution is 2.33. The van der Waals surface area contributed by atoms with Crippen LogP contribution in [0.15, 0.2) is 54.7 Å². The third-order valence-corrected chi connectivity index (χ3v) is 6.13. The fourth-order valence-electron chi connectivity index (χ4n) is 4.24. The molecule has 0 saturated heterocycles. The third kappa shape index (κ3) is 4.66. The Morgan fingerprint density at radius 1 is 1.06 bits per heavy atom. The Kier molecular flexibility index (Phi) is 6.42. The summed E-state index contributed by atoms with van der Waals surface area (Å²) in [7, 11) is 3.80. The van der Waals surface area contributed by atoms with E-state index in [-0.39, 0.29) is 11.8 Å². The van der Waals surface area contributed by atoms with Gasteiger partial charge in [0.25, 0.3) is 0 Å². The number of benzene rings is 1. The van der Waals surface area contributed by atoms with Crippen molar-refractivity contribution in [2.24, 2.45) is 0 Å². The maximum atomic E-state index is 14.8. The van der Waals surface area contributed by atoms with Crippen molar-refractivity contribution in [3.63, 3.8) is 0 Å². The van der Waals surface area contributed by atoms with Gasteiger partial charge in [-0.05, 0) is 69.1 Å². The number of aromatic nitrogens is 3. The number of alkyl halides is 1. The Hall–Kier alpha value is -3.06. The highest BCUT2D eigenvalue weighted by Gasteiger charge is 2.31. The first kappa shape index (κ1) is 21.2. The summed E-state index contributed by atoms with van der Waals surface area (Å²) in [5.41, 5.74) is 2.77. The Labute approximate surface area is 182 Å². The lowest BCUT2D eigenvalue weighted by molar-refractivity contribution is 0.257. The van der Waals surface area contributed by atoms with Crippen molar-refractivity contribution >= 4 is 5.82 Å². The van der Waals surface area contributed by atoms with Crippen LogP contribution in [0.3, 0.4) is 0 Å². The van der Waals surface area contributed by atoms with Crippen molar-refractivity contribution < 1.29 is 9.50 Å². The molecule has 1 aromatic carbocycles. The van der Waals surface area contributed by atoms with E-state index in [1.807, 2.05) is 61.5 Å². The zero-order chi connectivity index (χ0) is 21.8.